The van der Waals surface area contributed by atoms with Gasteiger partial charge in [-0.1, -0.05) is 55.8 Å². The molecule has 0 saturated heterocycles. The van der Waals surface area contributed by atoms with Crippen LogP contribution >= 0.6 is 11.6 Å². The fourth-order valence-electron chi connectivity index (χ4n) is 3.43. The molecule has 0 N–H and O–H groups in total. The average Bonchev–Trinajstić information content (AvgIpc) is 3.10. The van der Waals surface area contributed by atoms with Crippen molar-refractivity contribution in [3.05, 3.63) is 92.3 Å². The Bertz CT molecular complexity index is 1270. The second-order valence-corrected chi connectivity index (χ2v) is 7.87. The number of hydrogen-bond acceptors (Lipinski definition) is 3. The maximum absolute atomic E-state index is 13.3. The van der Waals surface area contributed by atoms with Gasteiger partial charge in [-0.25, -0.2) is 14.3 Å². The van der Waals surface area contributed by atoms with Crippen molar-refractivity contribution in [1.82, 2.24) is 18.7 Å². The molecular formula is C22H21ClN4O2. The van der Waals surface area contributed by atoms with Gasteiger partial charge in [0.05, 0.1) is 12.0 Å². The Hall–Kier alpha value is -3.12. The summed E-state index contributed by atoms with van der Waals surface area (Å²) in [4.78, 5) is 30.9. The summed E-state index contributed by atoms with van der Waals surface area (Å²) in [5.74, 6) is 0.141. The monoisotopic (exact) mass is 408 g/mol. The summed E-state index contributed by atoms with van der Waals surface area (Å²) >= 11 is 6.01. The summed E-state index contributed by atoms with van der Waals surface area (Å²) in [6.45, 7) is 4.78. The third-order valence-corrected chi connectivity index (χ3v) is 4.98. The summed E-state index contributed by atoms with van der Waals surface area (Å²) in [5, 5.41) is 0.572. The van der Waals surface area contributed by atoms with Gasteiger partial charge in [-0.05, 0) is 35.7 Å². The lowest BCUT2D eigenvalue weighted by atomic mass is 10.2. The van der Waals surface area contributed by atoms with Gasteiger partial charge in [0, 0.05) is 18.1 Å². The standard InChI is InChI=1S/C22H21ClN4O2/c1-15(2)12-26-21(28)19-20(24-14-25(19)13-16-6-4-3-5-7-16)27(22(26)29)18-10-8-17(23)9-11-18/h3-11,14-15H,12-13H2,1-2H3. The number of hydrogen-bond donors (Lipinski definition) is 0. The molecule has 0 spiro atoms. The van der Waals surface area contributed by atoms with Crippen LogP contribution in [-0.2, 0) is 13.1 Å². The molecule has 0 aliphatic heterocycles. The fourth-order valence-corrected chi connectivity index (χ4v) is 3.55. The molecule has 0 aliphatic carbocycles. The van der Waals surface area contributed by atoms with Crippen molar-refractivity contribution in [2.75, 3.05) is 0 Å². The molecule has 2 aromatic carbocycles. The Kier molecular flexibility index (Phi) is 5.11. The van der Waals surface area contributed by atoms with E-state index in [0.29, 0.717) is 35.0 Å². The summed E-state index contributed by atoms with van der Waals surface area (Å²) in [7, 11) is 0. The lowest BCUT2D eigenvalue weighted by Crippen LogP contribution is -2.41. The minimum atomic E-state index is -0.400. The first-order valence-corrected chi connectivity index (χ1v) is 9.84. The van der Waals surface area contributed by atoms with Crippen LogP contribution in [0.2, 0.25) is 5.02 Å². The van der Waals surface area contributed by atoms with E-state index in [9.17, 15) is 9.59 Å². The quantitative estimate of drug-likeness (QED) is 0.505. The van der Waals surface area contributed by atoms with Gasteiger partial charge in [0.25, 0.3) is 5.56 Å². The molecule has 2 aromatic heterocycles. The van der Waals surface area contributed by atoms with Crippen LogP contribution < -0.4 is 11.2 Å². The molecule has 0 saturated carbocycles. The number of rotatable bonds is 5. The van der Waals surface area contributed by atoms with Gasteiger partial charge in [0.2, 0.25) is 0 Å². The topological polar surface area (TPSA) is 61.8 Å². The summed E-state index contributed by atoms with van der Waals surface area (Å²) in [6.07, 6.45) is 1.62. The lowest BCUT2D eigenvalue weighted by molar-refractivity contribution is 0.489. The van der Waals surface area contributed by atoms with Crippen LogP contribution in [0.3, 0.4) is 0 Å². The first kappa shape index (κ1) is 19.2. The maximum atomic E-state index is 13.3. The molecule has 4 aromatic rings. The highest BCUT2D eigenvalue weighted by atomic mass is 35.5. The van der Waals surface area contributed by atoms with E-state index in [1.165, 1.54) is 9.13 Å². The molecule has 7 heteroatoms. The van der Waals surface area contributed by atoms with Crippen molar-refractivity contribution in [2.24, 2.45) is 5.92 Å². The van der Waals surface area contributed by atoms with Crippen LogP contribution in [0, 0.1) is 5.92 Å². The predicted octanol–water partition coefficient (Wildman–Crippen LogP) is 3.71. The zero-order valence-electron chi connectivity index (χ0n) is 16.2. The number of fused-ring (bicyclic) bond motifs is 1. The van der Waals surface area contributed by atoms with Crippen LogP contribution in [0.25, 0.3) is 16.9 Å². The number of imidazole rings is 1. The first-order chi connectivity index (χ1) is 14.0. The zero-order chi connectivity index (χ0) is 20.5. The highest BCUT2D eigenvalue weighted by Crippen LogP contribution is 2.17. The Morgan fingerprint density at radius 1 is 1.00 bits per heavy atom. The number of aromatic nitrogens is 4. The van der Waals surface area contributed by atoms with Gasteiger partial charge in [0.1, 0.15) is 0 Å². The van der Waals surface area contributed by atoms with E-state index in [2.05, 4.69) is 4.98 Å². The predicted molar refractivity (Wildman–Crippen MR) is 115 cm³/mol. The lowest BCUT2D eigenvalue weighted by Gasteiger charge is -2.14. The van der Waals surface area contributed by atoms with Gasteiger partial charge in [-0.15, -0.1) is 0 Å². The van der Waals surface area contributed by atoms with Gasteiger partial charge in [0.15, 0.2) is 11.2 Å². The fraction of sp³-hybridized carbons (Fsp3) is 0.227. The summed E-state index contributed by atoms with van der Waals surface area (Å²) < 4.78 is 4.58. The Labute approximate surface area is 172 Å². The minimum Gasteiger partial charge on any atom is -0.320 e. The molecule has 0 amide bonds. The van der Waals surface area contributed by atoms with E-state index in [0.717, 1.165) is 5.56 Å². The van der Waals surface area contributed by atoms with Crippen molar-refractivity contribution in [3.8, 4) is 5.69 Å². The summed E-state index contributed by atoms with van der Waals surface area (Å²) in [5.41, 5.74) is 1.70. The van der Waals surface area contributed by atoms with Crippen LogP contribution in [0.4, 0.5) is 0 Å². The van der Waals surface area contributed by atoms with Crippen molar-refractivity contribution in [1.29, 1.82) is 0 Å². The average molecular weight is 409 g/mol. The van der Waals surface area contributed by atoms with Gasteiger partial charge in [-0.3, -0.25) is 9.36 Å². The highest BCUT2D eigenvalue weighted by molar-refractivity contribution is 6.30. The van der Waals surface area contributed by atoms with E-state index >= 15 is 0 Å². The molecule has 2 heterocycles. The normalized spacial score (nSPS) is 11.4. The molecule has 29 heavy (non-hydrogen) atoms. The van der Waals surface area contributed by atoms with Crippen LogP contribution in [0.1, 0.15) is 19.4 Å². The molecule has 0 radical (unpaired) electrons. The summed E-state index contributed by atoms with van der Waals surface area (Å²) in [6, 6.07) is 16.8. The van der Waals surface area contributed by atoms with Crippen LogP contribution in [0.15, 0.2) is 70.5 Å². The van der Waals surface area contributed by atoms with Crippen LogP contribution in [-0.4, -0.2) is 18.7 Å². The number of nitrogens with zero attached hydrogens (tertiary/aromatic N) is 4. The smallest absolute Gasteiger partial charge is 0.320 e. The molecular weight excluding hydrogens is 388 g/mol. The van der Waals surface area contributed by atoms with Crippen LogP contribution in [0.5, 0.6) is 0 Å². The third-order valence-electron chi connectivity index (χ3n) is 4.73. The molecule has 148 valence electrons. The van der Waals surface area contributed by atoms with E-state index in [1.54, 1.807) is 35.2 Å². The van der Waals surface area contributed by atoms with Gasteiger partial charge >= 0.3 is 5.69 Å². The Morgan fingerprint density at radius 2 is 1.69 bits per heavy atom. The Balaban J connectivity index is 2.00. The molecule has 6 nitrogen and oxygen atoms in total. The van der Waals surface area contributed by atoms with Crippen molar-refractivity contribution in [3.63, 3.8) is 0 Å². The van der Waals surface area contributed by atoms with Crippen molar-refractivity contribution < 1.29 is 0 Å². The van der Waals surface area contributed by atoms with Crippen molar-refractivity contribution >= 4 is 22.8 Å². The van der Waals surface area contributed by atoms with Gasteiger partial charge in [-0.2, -0.15) is 0 Å². The van der Waals surface area contributed by atoms with Crippen molar-refractivity contribution in [2.45, 2.75) is 26.9 Å². The third kappa shape index (κ3) is 3.63. The molecule has 4 rings (SSSR count). The SMILES string of the molecule is CC(C)Cn1c(=O)c2c(ncn2Cc2ccccc2)n(-c2ccc(Cl)cc2)c1=O. The molecule has 0 fully saturated rings. The Morgan fingerprint density at radius 3 is 2.34 bits per heavy atom. The van der Waals surface area contributed by atoms with Gasteiger partial charge < -0.3 is 4.57 Å². The number of halogens is 1. The minimum absolute atomic E-state index is 0.141. The first-order valence-electron chi connectivity index (χ1n) is 9.46. The van der Waals surface area contributed by atoms with E-state index in [4.69, 9.17) is 11.6 Å². The van der Waals surface area contributed by atoms with E-state index in [1.807, 2.05) is 44.2 Å². The second-order valence-electron chi connectivity index (χ2n) is 7.43. The second kappa shape index (κ2) is 7.72. The zero-order valence-corrected chi connectivity index (χ0v) is 17.0. The molecule has 0 unspecified atom stereocenters. The highest BCUT2D eigenvalue weighted by Gasteiger charge is 2.19. The molecule has 0 atom stereocenters. The number of benzene rings is 2. The maximum Gasteiger partial charge on any atom is 0.337 e. The molecule has 0 aliphatic rings. The van der Waals surface area contributed by atoms with E-state index < -0.39 is 5.69 Å². The largest absolute Gasteiger partial charge is 0.337 e. The molecule has 0 bridgehead atoms. The van der Waals surface area contributed by atoms with E-state index in [-0.39, 0.29) is 11.5 Å².